The molecule has 30 heavy (non-hydrogen) atoms. The molecule has 156 valence electrons. The quantitative estimate of drug-likeness (QED) is 0.311. The van der Waals surface area contributed by atoms with Gasteiger partial charge in [-0.2, -0.15) is 5.10 Å². The molecule has 0 atom stereocenters. The van der Waals surface area contributed by atoms with Gasteiger partial charge in [-0.15, -0.1) is 11.3 Å². The largest absolute Gasteiger partial charge is 0.493 e. The molecule has 1 N–H and O–H groups in total. The van der Waals surface area contributed by atoms with Gasteiger partial charge >= 0.3 is 0 Å². The van der Waals surface area contributed by atoms with Gasteiger partial charge in [-0.3, -0.25) is 14.9 Å². The van der Waals surface area contributed by atoms with Crippen molar-refractivity contribution in [1.82, 2.24) is 5.43 Å². The molecule has 0 fully saturated rings. The first-order valence-electron chi connectivity index (χ1n) is 8.84. The van der Waals surface area contributed by atoms with Gasteiger partial charge < -0.3 is 9.47 Å². The molecule has 0 aliphatic carbocycles. The van der Waals surface area contributed by atoms with Crippen LogP contribution in [0, 0.1) is 10.1 Å². The Kier molecular flexibility index (Phi) is 6.53. The average Bonchev–Trinajstić information content (AvgIpc) is 3.12. The first-order chi connectivity index (χ1) is 14.3. The second-order valence-corrected chi connectivity index (χ2v) is 7.98. The highest BCUT2D eigenvalue weighted by Gasteiger charge is 2.14. The maximum Gasteiger partial charge on any atom is 0.281 e. The number of hydrogen-bond acceptors (Lipinski definition) is 7. The van der Waals surface area contributed by atoms with Gasteiger partial charge in [0.25, 0.3) is 11.6 Å². The lowest BCUT2D eigenvalue weighted by molar-refractivity contribution is -0.384. The summed E-state index contributed by atoms with van der Waals surface area (Å²) in [5, 5.41) is 15.8. The van der Waals surface area contributed by atoms with E-state index in [9.17, 15) is 14.9 Å². The molecule has 10 heteroatoms. The van der Waals surface area contributed by atoms with Crippen molar-refractivity contribution in [3.05, 3.63) is 62.0 Å². The minimum Gasteiger partial charge on any atom is -0.493 e. The number of benzene rings is 2. The van der Waals surface area contributed by atoms with Crippen molar-refractivity contribution in [2.24, 2.45) is 5.10 Å². The fourth-order valence-corrected chi connectivity index (χ4v) is 3.84. The lowest BCUT2D eigenvalue weighted by atomic mass is 10.2. The monoisotopic (exact) mass is 447 g/mol. The van der Waals surface area contributed by atoms with Gasteiger partial charge in [-0.1, -0.05) is 11.6 Å². The van der Waals surface area contributed by atoms with E-state index in [1.54, 1.807) is 24.3 Å². The summed E-state index contributed by atoms with van der Waals surface area (Å²) in [4.78, 5) is 23.2. The summed E-state index contributed by atoms with van der Waals surface area (Å²) < 4.78 is 11.8. The topological polar surface area (TPSA) is 103 Å². The molecule has 0 bridgehead atoms. The fourth-order valence-electron chi connectivity index (χ4n) is 2.64. The van der Waals surface area contributed by atoms with Crippen LogP contribution < -0.4 is 14.9 Å². The molecule has 0 aliphatic rings. The summed E-state index contributed by atoms with van der Waals surface area (Å²) >= 11 is 7.50. The molecule has 0 saturated heterocycles. The number of methoxy groups -OCH3 is 1. The number of non-ortho nitro benzene ring substituents is 1. The summed E-state index contributed by atoms with van der Waals surface area (Å²) in [5.41, 5.74) is 3.03. The van der Waals surface area contributed by atoms with Crippen LogP contribution in [0.25, 0.3) is 10.1 Å². The number of ether oxygens (including phenoxy) is 2. The van der Waals surface area contributed by atoms with Crippen LogP contribution in [0.3, 0.4) is 0 Å². The molecule has 0 radical (unpaired) electrons. The van der Waals surface area contributed by atoms with E-state index in [1.807, 2.05) is 13.8 Å². The zero-order chi connectivity index (χ0) is 21.8. The molecule has 3 rings (SSSR count). The second kappa shape index (κ2) is 9.10. The Morgan fingerprint density at radius 1 is 1.30 bits per heavy atom. The first-order valence-corrected chi connectivity index (χ1v) is 10.0. The van der Waals surface area contributed by atoms with Crippen LogP contribution in [0.5, 0.6) is 11.5 Å². The Bertz CT molecular complexity index is 1140. The number of nitro groups is 1. The van der Waals surface area contributed by atoms with Crippen LogP contribution in [-0.2, 0) is 0 Å². The van der Waals surface area contributed by atoms with E-state index >= 15 is 0 Å². The third-order valence-corrected chi connectivity index (χ3v) is 5.32. The third-order valence-electron chi connectivity index (χ3n) is 3.92. The maximum absolute atomic E-state index is 12.4. The van der Waals surface area contributed by atoms with Crippen molar-refractivity contribution in [3.63, 3.8) is 0 Å². The van der Waals surface area contributed by atoms with Gasteiger partial charge in [0, 0.05) is 22.2 Å². The van der Waals surface area contributed by atoms with Crippen LogP contribution in [0.1, 0.15) is 29.1 Å². The zero-order valence-corrected chi connectivity index (χ0v) is 17.9. The average molecular weight is 448 g/mol. The lowest BCUT2D eigenvalue weighted by Crippen LogP contribution is -2.16. The number of halogens is 1. The summed E-state index contributed by atoms with van der Waals surface area (Å²) in [6, 6.07) is 9.39. The van der Waals surface area contributed by atoms with Crippen LogP contribution in [0.4, 0.5) is 5.69 Å². The molecule has 8 nitrogen and oxygen atoms in total. The summed E-state index contributed by atoms with van der Waals surface area (Å²) in [7, 11) is 1.51. The molecule has 0 aliphatic heterocycles. The van der Waals surface area contributed by atoms with E-state index < -0.39 is 10.8 Å². The van der Waals surface area contributed by atoms with E-state index in [0.29, 0.717) is 32.3 Å². The predicted molar refractivity (Wildman–Crippen MR) is 117 cm³/mol. The Labute approximate surface area is 181 Å². The third kappa shape index (κ3) is 4.87. The highest BCUT2D eigenvalue weighted by molar-refractivity contribution is 7.20. The van der Waals surface area contributed by atoms with Crippen molar-refractivity contribution in [1.29, 1.82) is 0 Å². The number of nitrogens with zero attached hydrogens (tertiary/aromatic N) is 2. The van der Waals surface area contributed by atoms with Gasteiger partial charge in [-0.05, 0) is 43.7 Å². The Morgan fingerprint density at radius 3 is 2.73 bits per heavy atom. The van der Waals surface area contributed by atoms with Crippen molar-refractivity contribution >= 4 is 50.8 Å². The van der Waals surface area contributed by atoms with Crippen molar-refractivity contribution in [2.75, 3.05) is 7.11 Å². The standard InChI is InChI=1S/C20H18ClN3O5S/c1-11(2)29-19-15(21)6-12(7-16(19)28-3)10-22-23-20(25)18-9-13-8-14(24(26)27)4-5-17(13)30-18/h4-11H,1-3H3,(H,23,25). The van der Waals surface area contributed by atoms with Crippen molar-refractivity contribution in [3.8, 4) is 11.5 Å². The van der Waals surface area contributed by atoms with Gasteiger partial charge in [-0.25, -0.2) is 5.43 Å². The molecule has 2 aromatic carbocycles. The highest BCUT2D eigenvalue weighted by atomic mass is 35.5. The molecule has 3 aromatic rings. The Morgan fingerprint density at radius 2 is 2.07 bits per heavy atom. The van der Waals surface area contributed by atoms with E-state index in [2.05, 4.69) is 10.5 Å². The SMILES string of the molecule is COc1cc(C=NNC(=O)c2cc3cc([N+](=O)[O-])ccc3s2)cc(Cl)c1OC(C)C. The number of nitro benzene ring substituents is 1. The number of nitrogens with one attached hydrogen (secondary N) is 1. The molecule has 0 unspecified atom stereocenters. The van der Waals surface area contributed by atoms with E-state index in [1.165, 1.54) is 36.8 Å². The molecular formula is C20H18ClN3O5S. The number of carbonyl (C=O) groups is 1. The van der Waals surface area contributed by atoms with Gasteiger partial charge in [0.2, 0.25) is 0 Å². The number of rotatable bonds is 7. The van der Waals surface area contributed by atoms with E-state index in [4.69, 9.17) is 21.1 Å². The number of carbonyl (C=O) groups excluding carboxylic acids is 1. The molecular weight excluding hydrogens is 430 g/mol. The minimum absolute atomic E-state index is 0.0269. The number of thiophene rings is 1. The van der Waals surface area contributed by atoms with Gasteiger partial charge in [0.15, 0.2) is 11.5 Å². The normalized spacial score (nSPS) is 11.2. The van der Waals surface area contributed by atoms with Gasteiger partial charge in [0.1, 0.15) is 0 Å². The molecule has 1 aromatic heterocycles. The van der Waals surface area contributed by atoms with Crippen LogP contribution >= 0.6 is 22.9 Å². The maximum atomic E-state index is 12.4. The minimum atomic E-state index is -0.474. The smallest absolute Gasteiger partial charge is 0.281 e. The van der Waals surface area contributed by atoms with Crippen LogP contribution in [-0.4, -0.2) is 30.3 Å². The molecule has 0 spiro atoms. The summed E-state index contributed by atoms with van der Waals surface area (Å²) in [5.74, 6) is 0.470. The van der Waals surface area contributed by atoms with Crippen molar-refractivity contribution in [2.45, 2.75) is 20.0 Å². The Hall–Kier alpha value is -3.17. The number of hydrazone groups is 1. The van der Waals surface area contributed by atoms with Crippen LogP contribution in [0.15, 0.2) is 41.5 Å². The number of amides is 1. The second-order valence-electron chi connectivity index (χ2n) is 6.49. The molecule has 1 heterocycles. The fraction of sp³-hybridized carbons (Fsp3) is 0.200. The predicted octanol–water partition coefficient (Wildman–Crippen LogP) is 5.02. The number of fused-ring (bicyclic) bond motifs is 1. The number of hydrogen-bond donors (Lipinski definition) is 1. The zero-order valence-electron chi connectivity index (χ0n) is 16.3. The lowest BCUT2D eigenvalue weighted by Gasteiger charge is -2.15. The first kappa shape index (κ1) is 21.5. The molecule has 1 amide bonds. The summed E-state index contributed by atoms with van der Waals surface area (Å²) in [6.07, 6.45) is 1.36. The van der Waals surface area contributed by atoms with E-state index in [0.717, 1.165) is 4.70 Å². The van der Waals surface area contributed by atoms with E-state index in [-0.39, 0.29) is 11.8 Å². The van der Waals surface area contributed by atoms with Crippen LogP contribution in [0.2, 0.25) is 5.02 Å². The molecule has 0 saturated carbocycles. The highest BCUT2D eigenvalue weighted by Crippen LogP contribution is 2.36. The van der Waals surface area contributed by atoms with Gasteiger partial charge in [0.05, 0.1) is 34.3 Å². The summed E-state index contributed by atoms with van der Waals surface area (Å²) in [6.45, 7) is 3.76. The Balaban J connectivity index is 1.75. The van der Waals surface area contributed by atoms with Crippen molar-refractivity contribution < 1.29 is 19.2 Å².